The zero-order valence-corrected chi connectivity index (χ0v) is 14.4. The standard InChI is InChI=1S/C18H25FN2O.ClH/c1-13-11-14(7-10-20-13)17(22)21-12-18(8-2-9-18)15-3-5-16(19)6-4-15;/h3-6,13-14,20H,2,7-12H2,1H3,(H,21,22);1H/t13-,14-;/m0./s1. The van der Waals surface area contributed by atoms with Gasteiger partial charge in [-0.15, -0.1) is 12.4 Å². The van der Waals surface area contributed by atoms with Crippen molar-refractivity contribution in [2.24, 2.45) is 5.92 Å². The second-order valence-corrected chi connectivity index (χ2v) is 6.94. The van der Waals surface area contributed by atoms with Crippen LogP contribution in [-0.4, -0.2) is 25.0 Å². The smallest absolute Gasteiger partial charge is 0.223 e. The lowest BCUT2D eigenvalue weighted by Gasteiger charge is -2.43. The molecule has 1 aromatic rings. The van der Waals surface area contributed by atoms with Crippen LogP contribution in [0.4, 0.5) is 4.39 Å². The highest BCUT2D eigenvalue weighted by Gasteiger charge is 2.39. The summed E-state index contributed by atoms with van der Waals surface area (Å²) in [6.45, 7) is 3.73. The predicted octanol–water partition coefficient (Wildman–Crippen LogP) is 3.17. The van der Waals surface area contributed by atoms with Gasteiger partial charge in [0.1, 0.15) is 5.82 Å². The quantitative estimate of drug-likeness (QED) is 0.884. The maximum Gasteiger partial charge on any atom is 0.223 e. The van der Waals surface area contributed by atoms with Crippen molar-refractivity contribution in [3.63, 3.8) is 0 Å². The molecular formula is C18H26ClFN2O. The normalized spacial score (nSPS) is 25.8. The van der Waals surface area contributed by atoms with Crippen molar-refractivity contribution in [2.45, 2.75) is 50.5 Å². The minimum Gasteiger partial charge on any atom is -0.355 e. The van der Waals surface area contributed by atoms with Gasteiger partial charge in [0.15, 0.2) is 0 Å². The Morgan fingerprint density at radius 1 is 1.35 bits per heavy atom. The number of amides is 1. The molecule has 0 spiro atoms. The van der Waals surface area contributed by atoms with E-state index in [2.05, 4.69) is 17.6 Å². The molecule has 1 aliphatic carbocycles. The van der Waals surface area contributed by atoms with Crippen LogP contribution >= 0.6 is 12.4 Å². The van der Waals surface area contributed by atoms with Crippen molar-refractivity contribution in [1.29, 1.82) is 0 Å². The van der Waals surface area contributed by atoms with E-state index < -0.39 is 0 Å². The van der Waals surface area contributed by atoms with E-state index in [1.165, 1.54) is 18.6 Å². The summed E-state index contributed by atoms with van der Waals surface area (Å²) in [6, 6.07) is 7.19. The summed E-state index contributed by atoms with van der Waals surface area (Å²) in [4.78, 5) is 12.4. The summed E-state index contributed by atoms with van der Waals surface area (Å²) in [5.74, 6) is 0.106. The maximum absolute atomic E-state index is 13.1. The molecule has 1 saturated heterocycles. The van der Waals surface area contributed by atoms with E-state index in [4.69, 9.17) is 0 Å². The average Bonchev–Trinajstić information content (AvgIpc) is 2.47. The third-order valence-corrected chi connectivity index (χ3v) is 5.36. The molecule has 0 unspecified atom stereocenters. The largest absolute Gasteiger partial charge is 0.355 e. The second kappa shape index (κ2) is 7.63. The third kappa shape index (κ3) is 4.04. The van der Waals surface area contributed by atoms with Crippen molar-refractivity contribution < 1.29 is 9.18 Å². The lowest BCUT2D eigenvalue weighted by molar-refractivity contribution is -0.126. The zero-order valence-electron chi connectivity index (χ0n) is 13.6. The highest BCUT2D eigenvalue weighted by Crippen LogP contribution is 2.43. The molecule has 2 atom stereocenters. The van der Waals surface area contributed by atoms with E-state index in [1.54, 1.807) is 0 Å². The minimum absolute atomic E-state index is 0. The molecule has 1 aliphatic heterocycles. The summed E-state index contributed by atoms with van der Waals surface area (Å²) < 4.78 is 13.1. The number of benzene rings is 1. The molecule has 0 radical (unpaired) electrons. The fourth-order valence-corrected chi connectivity index (χ4v) is 3.75. The lowest BCUT2D eigenvalue weighted by Crippen LogP contribution is -2.49. The molecule has 3 nitrogen and oxygen atoms in total. The number of carbonyl (C=O) groups is 1. The molecule has 1 aromatic carbocycles. The highest BCUT2D eigenvalue weighted by atomic mass is 35.5. The molecule has 2 fully saturated rings. The molecule has 2 N–H and O–H groups in total. The van der Waals surface area contributed by atoms with Gasteiger partial charge in [-0.2, -0.15) is 0 Å². The van der Waals surface area contributed by atoms with Crippen LogP contribution in [0.2, 0.25) is 0 Å². The van der Waals surface area contributed by atoms with Gasteiger partial charge in [-0.25, -0.2) is 4.39 Å². The lowest BCUT2D eigenvalue weighted by atomic mass is 9.64. The first-order valence-electron chi connectivity index (χ1n) is 8.36. The Labute approximate surface area is 143 Å². The Kier molecular flexibility index (Phi) is 6.04. The fraction of sp³-hybridized carbons (Fsp3) is 0.611. The summed E-state index contributed by atoms with van der Waals surface area (Å²) >= 11 is 0. The molecule has 23 heavy (non-hydrogen) atoms. The number of halogens is 2. The molecule has 128 valence electrons. The summed E-state index contributed by atoms with van der Waals surface area (Å²) in [5.41, 5.74) is 1.17. The number of hydrogen-bond donors (Lipinski definition) is 2. The first-order valence-corrected chi connectivity index (χ1v) is 8.36. The monoisotopic (exact) mass is 340 g/mol. The van der Waals surface area contributed by atoms with E-state index >= 15 is 0 Å². The topological polar surface area (TPSA) is 41.1 Å². The van der Waals surface area contributed by atoms with Crippen LogP contribution in [0.3, 0.4) is 0 Å². The zero-order chi connectivity index (χ0) is 15.6. The van der Waals surface area contributed by atoms with Gasteiger partial charge in [-0.1, -0.05) is 18.6 Å². The Hall–Kier alpha value is -1.13. The van der Waals surface area contributed by atoms with Gasteiger partial charge in [0.2, 0.25) is 5.91 Å². The van der Waals surface area contributed by atoms with Gasteiger partial charge >= 0.3 is 0 Å². The van der Waals surface area contributed by atoms with Crippen LogP contribution in [-0.2, 0) is 10.2 Å². The van der Waals surface area contributed by atoms with Crippen molar-refractivity contribution in [1.82, 2.24) is 10.6 Å². The van der Waals surface area contributed by atoms with Crippen LogP contribution in [0.1, 0.15) is 44.6 Å². The summed E-state index contributed by atoms with van der Waals surface area (Å²) in [5, 5.41) is 6.55. The van der Waals surface area contributed by atoms with Crippen molar-refractivity contribution in [3.05, 3.63) is 35.6 Å². The second-order valence-electron chi connectivity index (χ2n) is 6.94. The summed E-state index contributed by atoms with van der Waals surface area (Å²) in [6.07, 6.45) is 5.15. The van der Waals surface area contributed by atoms with Crippen LogP contribution in [0, 0.1) is 11.7 Å². The number of nitrogens with one attached hydrogen (secondary N) is 2. The predicted molar refractivity (Wildman–Crippen MR) is 92.4 cm³/mol. The van der Waals surface area contributed by atoms with E-state index in [0.717, 1.165) is 37.8 Å². The highest BCUT2D eigenvalue weighted by molar-refractivity contribution is 5.85. The number of hydrogen-bond acceptors (Lipinski definition) is 2. The molecule has 1 amide bonds. The van der Waals surface area contributed by atoms with Crippen LogP contribution < -0.4 is 10.6 Å². The molecule has 1 saturated carbocycles. The van der Waals surface area contributed by atoms with E-state index in [1.807, 2.05) is 12.1 Å². The van der Waals surface area contributed by atoms with Gasteiger partial charge in [-0.05, 0) is 56.8 Å². The molecule has 0 aromatic heterocycles. The average molecular weight is 341 g/mol. The summed E-state index contributed by atoms with van der Waals surface area (Å²) in [7, 11) is 0. The molecule has 3 rings (SSSR count). The van der Waals surface area contributed by atoms with Gasteiger partial charge < -0.3 is 10.6 Å². The number of carbonyl (C=O) groups excluding carboxylic acids is 1. The Balaban J connectivity index is 0.00000192. The third-order valence-electron chi connectivity index (χ3n) is 5.36. The van der Waals surface area contributed by atoms with Crippen LogP contribution in [0.5, 0.6) is 0 Å². The first kappa shape index (κ1) is 18.2. The minimum atomic E-state index is -0.203. The maximum atomic E-state index is 13.1. The van der Waals surface area contributed by atoms with Gasteiger partial charge in [0, 0.05) is 23.9 Å². The molecule has 1 heterocycles. The van der Waals surface area contributed by atoms with Crippen LogP contribution in [0.25, 0.3) is 0 Å². The van der Waals surface area contributed by atoms with Crippen LogP contribution in [0.15, 0.2) is 24.3 Å². The first-order chi connectivity index (χ1) is 10.6. The van der Waals surface area contributed by atoms with Crippen molar-refractivity contribution in [3.8, 4) is 0 Å². The van der Waals surface area contributed by atoms with Gasteiger partial charge in [0.25, 0.3) is 0 Å². The van der Waals surface area contributed by atoms with Gasteiger partial charge in [0.05, 0.1) is 0 Å². The van der Waals surface area contributed by atoms with E-state index in [0.29, 0.717) is 12.6 Å². The Bertz CT molecular complexity index is 530. The molecule has 0 bridgehead atoms. The Morgan fingerprint density at radius 3 is 2.61 bits per heavy atom. The molecule has 2 aliphatic rings. The van der Waals surface area contributed by atoms with Gasteiger partial charge in [-0.3, -0.25) is 4.79 Å². The Morgan fingerprint density at radius 2 is 2.04 bits per heavy atom. The fourth-order valence-electron chi connectivity index (χ4n) is 3.75. The van der Waals surface area contributed by atoms with Crippen molar-refractivity contribution >= 4 is 18.3 Å². The van der Waals surface area contributed by atoms with Crippen molar-refractivity contribution in [2.75, 3.05) is 13.1 Å². The molecular weight excluding hydrogens is 315 g/mol. The number of piperidine rings is 1. The van der Waals surface area contributed by atoms with E-state index in [-0.39, 0.29) is 35.5 Å². The SMILES string of the molecule is C[C@H]1C[C@@H](C(=O)NCC2(c3ccc(F)cc3)CCC2)CCN1.Cl. The van der Waals surface area contributed by atoms with E-state index in [9.17, 15) is 9.18 Å². The molecule has 5 heteroatoms. The number of rotatable bonds is 4.